The van der Waals surface area contributed by atoms with Crippen LogP contribution < -0.4 is 10.1 Å². The molecule has 1 N–H and O–H groups in total. The second-order valence-electron chi connectivity index (χ2n) is 7.05. The third kappa shape index (κ3) is 4.99. The number of nitrogens with zero attached hydrogens (tertiary/aromatic N) is 2. The Morgan fingerprint density at radius 1 is 1.12 bits per heavy atom. The maximum absolute atomic E-state index is 12.7. The highest BCUT2D eigenvalue weighted by atomic mass is 32.2. The van der Waals surface area contributed by atoms with Crippen molar-refractivity contribution in [1.82, 2.24) is 4.90 Å². The van der Waals surface area contributed by atoms with Crippen LogP contribution in [0, 0.1) is 10.1 Å². The summed E-state index contributed by atoms with van der Waals surface area (Å²) >= 11 is 0.707. The number of thioether (sulfide) groups is 1. The smallest absolute Gasteiger partial charge is 0.294 e. The lowest BCUT2D eigenvalue weighted by Crippen LogP contribution is -2.36. The van der Waals surface area contributed by atoms with Crippen LogP contribution in [0.15, 0.2) is 70.0 Å². The Balaban J connectivity index is 1.42. The van der Waals surface area contributed by atoms with E-state index in [2.05, 4.69) is 5.32 Å². The first kappa shape index (κ1) is 22.8. The fourth-order valence-electron chi connectivity index (χ4n) is 3.12. The minimum absolute atomic E-state index is 0.0415. The molecule has 172 valence electrons. The molecule has 4 rings (SSSR count). The monoisotopic (exact) mass is 479 g/mol. The third-order valence-electron chi connectivity index (χ3n) is 4.81. The summed E-state index contributed by atoms with van der Waals surface area (Å²) in [5, 5.41) is 12.9. The van der Waals surface area contributed by atoms with Gasteiger partial charge in [-0.2, -0.15) is 0 Å². The summed E-state index contributed by atoms with van der Waals surface area (Å²) in [4.78, 5) is 48.6. The molecular formula is C23H17N3O7S. The zero-order valence-electron chi connectivity index (χ0n) is 17.7. The quantitative estimate of drug-likeness (QED) is 0.297. The minimum atomic E-state index is -0.604. The lowest BCUT2D eigenvalue weighted by atomic mass is 10.1. The van der Waals surface area contributed by atoms with Crippen LogP contribution in [0.1, 0.15) is 5.76 Å². The molecular weight excluding hydrogens is 462 g/mol. The Morgan fingerprint density at radius 3 is 2.47 bits per heavy atom. The van der Waals surface area contributed by atoms with E-state index < -0.39 is 28.5 Å². The Labute approximate surface area is 197 Å². The van der Waals surface area contributed by atoms with E-state index in [9.17, 15) is 24.5 Å². The van der Waals surface area contributed by atoms with Crippen molar-refractivity contribution in [3.05, 3.63) is 81.4 Å². The molecule has 1 fully saturated rings. The van der Waals surface area contributed by atoms with Crippen molar-refractivity contribution in [2.24, 2.45) is 0 Å². The van der Waals surface area contributed by atoms with Gasteiger partial charge in [0.25, 0.3) is 16.8 Å². The van der Waals surface area contributed by atoms with Gasteiger partial charge in [0.15, 0.2) is 0 Å². The SMILES string of the molecule is COc1ccc(NC(=O)CN2C(=O)S/C(=C/c3ccc(-c4ccc([N+](=O)[O-])cc4)o3)C2=O)cc1. The minimum Gasteiger partial charge on any atom is -0.497 e. The van der Waals surface area contributed by atoms with Gasteiger partial charge >= 0.3 is 0 Å². The Bertz CT molecular complexity index is 1300. The lowest BCUT2D eigenvalue weighted by molar-refractivity contribution is -0.384. The molecule has 0 bridgehead atoms. The molecule has 2 heterocycles. The molecule has 0 spiro atoms. The van der Waals surface area contributed by atoms with Crippen LogP contribution >= 0.6 is 11.8 Å². The van der Waals surface area contributed by atoms with Crippen molar-refractivity contribution in [2.75, 3.05) is 19.0 Å². The molecule has 1 aromatic heterocycles. The third-order valence-corrected chi connectivity index (χ3v) is 5.72. The Hall–Kier alpha value is -4.38. The molecule has 1 aliphatic rings. The van der Waals surface area contributed by atoms with Crippen LogP contribution in [0.3, 0.4) is 0 Å². The summed E-state index contributed by atoms with van der Waals surface area (Å²) in [6.07, 6.45) is 1.42. The van der Waals surface area contributed by atoms with Gasteiger partial charge in [0, 0.05) is 29.5 Å². The number of anilines is 1. The van der Waals surface area contributed by atoms with E-state index in [1.54, 1.807) is 48.5 Å². The number of nitro groups is 1. The van der Waals surface area contributed by atoms with Gasteiger partial charge in [-0.3, -0.25) is 29.4 Å². The Morgan fingerprint density at radius 2 is 1.82 bits per heavy atom. The lowest BCUT2D eigenvalue weighted by Gasteiger charge is -2.12. The highest BCUT2D eigenvalue weighted by molar-refractivity contribution is 8.18. The summed E-state index contributed by atoms with van der Waals surface area (Å²) < 4.78 is 10.8. The zero-order valence-corrected chi connectivity index (χ0v) is 18.5. The highest BCUT2D eigenvalue weighted by Gasteiger charge is 2.36. The van der Waals surface area contributed by atoms with E-state index >= 15 is 0 Å². The maximum Gasteiger partial charge on any atom is 0.294 e. The molecule has 0 saturated carbocycles. The number of furan rings is 1. The first-order valence-corrected chi connectivity index (χ1v) is 10.7. The van der Waals surface area contributed by atoms with Gasteiger partial charge in [0.05, 0.1) is 16.9 Å². The molecule has 34 heavy (non-hydrogen) atoms. The number of hydrogen-bond donors (Lipinski definition) is 1. The van der Waals surface area contributed by atoms with E-state index in [1.165, 1.54) is 25.3 Å². The van der Waals surface area contributed by atoms with Crippen molar-refractivity contribution >= 4 is 46.3 Å². The van der Waals surface area contributed by atoms with E-state index in [0.717, 1.165) is 4.90 Å². The largest absolute Gasteiger partial charge is 0.497 e. The van der Waals surface area contributed by atoms with Gasteiger partial charge in [0.1, 0.15) is 23.8 Å². The van der Waals surface area contributed by atoms with Crippen molar-refractivity contribution in [1.29, 1.82) is 0 Å². The van der Waals surface area contributed by atoms with Crippen molar-refractivity contribution < 1.29 is 28.5 Å². The Kier molecular flexibility index (Phi) is 6.46. The highest BCUT2D eigenvalue weighted by Crippen LogP contribution is 2.33. The van der Waals surface area contributed by atoms with E-state index in [4.69, 9.17) is 9.15 Å². The number of rotatable bonds is 7. The fourth-order valence-corrected chi connectivity index (χ4v) is 3.94. The number of amides is 3. The van der Waals surface area contributed by atoms with Gasteiger partial charge in [0.2, 0.25) is 5.91 Å². The van der Waals surface area contributed by atoms with Gasteiger partial charge in [-0.15, -0.1) is 0 Å². The fraction of sp³-hybridized carbons (Fsp3) is 0.0870. The first-order chi connectivity index (χ1) is 16.3. The number of methoxy groups -OCH3 is 1. The molecule has 1 aliphatic heterocycles. The average molecular weight is 479 g/mol. The number of nitrogens with one attached hydrogen (secondary N) is 1. The molecule has 0 unspecified atom stereocenters. The predicted octanol–water partition coefficient (Wildman–Crippen LogP) is 4.54. The number of carbonyl (C=O) groups excluding carboxylic acids is 3. The number of imide groups is 1. The number of non-ortho nitro benzene ring substituents is 1. The predicted molar refractivity (Wildman–Crippen MR) is 125 cm³/mol. The molecule has 0 atom stereocenters. The number of carbonyl (C=O) groups is 3. The van der Waals surface area contributed by atoms with Crippen LogP contribution in [0.4, 0.5) is 16.2 Å². The second kappa shape index (κ2) is 9.63. The van der Waals surface area contributed by atoms with Gasteiger partial charge in [-0.25, -0.2) is 0 Å². The van der Waals surface area contributed by atoms with Crippen molar-refractivity contribution in [3.63, 3.8) is 0 Å². The number of ether oxygens (including phenoxy) is 1. The summed E-state index contributed by atoms with van der Waals surface area (Å²) in [7, 11) is 1.53. The average Bonchev–Trinajstić information content (AvgIpc) is 3.40. The van der Waals surface area contributed by atoms with Crippen LogP contribution in [0.5, 0.6) is 5.75 Å². The van der Waals surface area contributed by atoms with E-state index in [0.29, 0.717) is 40.3 Å². The molecule has 11 heteroatoms. The normalized spacial score (nSPS) is 14.5. The molecule has 10 nitrogen and oxygen atoms in total. The van der Waals surface area contributed by atoms with Crippen LogP contribution in [0.25, 0.3) is 17.4 Å². The number of benzene rings is 2. The molecule has 3 amide bonds. The van der Waals surface area contributed by atoms with Crippen LogP contribution in [-0.4, -0.2) is 40.5 Å². The van der Waals surface area contributed by atoms with Crippen molar-refractivity contribution in [3.8, 4) is 17.1 Å². The molecule has 3 aromatic rings. The summed E-state index contributed by atoms with van der Waals surface area (Å²) in [6, 6.07) is 15.7. The topological polar surface area (TPSA) is 132 Å². The van der Waals surface area contributed by atoms with Gasteiger partial charge in [-0.1, -0.05) is 0 Å². The first-order valence-electron chi connectivity index (χ1n) is 9.88. The molecule has 2 aromatic carbocycles. The molecule has 1 saturated heterocycles. The maximum atomic E-state index is 12.7. The van der Waals surface area contributed by atoms with Crippen LogP contribution in [-0.2, 0) is 9.59 Å². The molecule has 0 radical (unpaired) electrons. The van der Waals surface area contributed by atoms with Crippen molar-refractivity contribution in [2.45, 2.75) is 0 Å². The zero-order chi connectivity index (χ0) is 24.2. The number of nitro benzene ring substituents is 1. The summed E-state index contributed by atoms with van der Waals surface area (Å²) in [6.45, 7) is -0.430. The second-order valence-corrected chi connectivity index (χ2v) is 8.04. The van der Waals surface area contributed by atoms with Crippen LogP contribution in [0.2, 0.25) is 0 Å². The van der Waals surface area contributed by atoms with Gasteiger partial charge in [-0.05, 0) is 60.3 Å². The van der Waals surface area contributed by atoms with E-state index in [1.807, 2.05) is 0 Å². The summed E-state index contributed by atoms with van der Waals surface area (Å²) in [5.41, 5.74) is 1.08. The molecule has 0 aliphatic carbocycles. The summed E-state index contributed by atoms with van der Waals surface area (Å²) in [5.74, 6) is 0.268. The standard InChI is InChI=1S/C23H17N3O7S/c1-32-17-8-4-15(5-9-17)24-21(27)13-25-22(28)20(34-23(25)29)12-18-10-11-19(33-18)14-2-6-16(7-3-14)26(30)31/h2-12H,13H2,1H3,(H,24,27)/b20-12+. The van der Waals surface area contributed by atoms with E-state index in [-0.39, 0.29) is 10.6 Å². The number of hydrogen-bond acceptors (Lipinski definition) is 8. The van der Waals surface area contributed by atoms with Gasteiger partial charge < -0.3 is 14.5 Å².